The maximum absolute atomic E-state index is 11.8. The summed E-state index contributed by atoms with van der Waals surface area (Å²) in [5.41, 5.74) is 6.44. The third-order valence-corrected chi connectivity index (χ3v) is 4.34. The molecule has 1 aliphatic heterocycles. The Bertz CT molecular complexity index is 784. The van der Waals surface area contributed by atoms with Crippen molar-refractivity contribution in [3.8, 4) is 5.75 Å². The van der Waals surface area contributed by atoms with Gasteiger partial charge in [0.2, 0.25) is 5.91 Å². The maximum atomic E-state index is 11.8. The maximum Gasteiger partial charge on any atom is 0.336 e. The first kappa shape index (κ1) is 15.6. The number of likely N-dealkylation sites (tertiary alicyclic amines) is 1. The van der Waals surface area contributed by atoms with Crippen molar-refractivity contribution in [2.45, 2.75) is 19.4 Å². The summed E-state index contributed by atoms with van der Waals surface area (Å²) in [6.45, 7) is 2.12. The summed E-state index contributed by atoms with van der Waals surface area (Å²) in [6.07, 6.45) is 1.77. The van der Waals surface area contributed by atoms with E-state index in [4.69, 9.17) is 14.9 Å². The van der Waals surface area contributed by atoms with E-state index in [0.717, 1.165) is 30.3 Å². The molecule has 1 aromatic heterocycles. The molecular formula is C17H20N2O4. The molecule has 0 spiro atoms. The lowest BCUT2D eigenvalue weighted by Gasteiger charge is -2.31. The number of carbonyl (C=O) groups is 1. The normalized spacial score (nSPS) is 18.9. The molecule has 0 unspecified atom stereocenters. The fourth-order valence-electron chi connectivity index (χ4n) is 3.14. The molecule has 1 aliphatic rings. The number of fused-ring (bicyclic) bond motifs is 1. The fraction of sp³-hybridized carbons (Fsp3) is 0.412. The Balaban J connectivity index is 1.90. The van der Waals surface area contributed by atoms with Gasteiger partial charge in [0.1, 0.15) is 11.3 Å². The number of nitrogens with zero attached hydrogens (tertiary/aromatic N) is 1. The SMILES string of the molecule is COc1ccc2c(CN3CCC[C@H](C(N)=O)C3)cc(=O)oc2c1. The molecule has 1 atom stereocenters. The number of ether oxygens (including phenoxy) is 1. The van der Waals surface area contributed by atoms with Crippen LogP contribution in [-0.2, 0) is 11.3 Å². The molecule has 1 fully saturated rings. The lowest BCUT2D eigenvalue weighted by atomic mass is 9.97. The minimum atomic E-state index is -0.385. The third kappa shape index (κ3) is 3.37. The number of piperidine rings is 1. The second-order valence-electron chi connectivity index (χ2n) is 5.93. The second kappa shape index (κ2) is 6.42. The van der Waals surface area contributed by atoms with Crippen molar-refractivity contribution in [3.05, 3.63) is 40.2 Å². The highest BCUT2D eigenvalue weighted by Crippen LogP contribution is 2.25. The van der Waals surface area contributed by atoms with Crippen LogP contribution in [0.1, 0.15) is 18.4 Å². The molecular weight excluding hydrogens is 296 g/mol. The Hall–Kier alpha value is -2.34. The Kier molecular flexibility index (Phi) is 4.34. The smallest absolute Gasteiger partial charge is 0.336 e. The highest BCUT2D eigenvalue weighted by molar-refractivity contribution is 5.81. The number of nitrogens with two attached hydrogens (primary N) is 1. The quantitative estimate of drug-likeness (QED) is 0.864. The third-order valence-electron chi connectivity index (χ3n) is 4.34. The van der Waals surface area contributed by atoms with Crippen LogP contribution in [0.25, 0.3) is 11.0 Å². The molecule has 1 amide bonds. The van der Waals surface area contributed by atoms with Crippen molar-refractivity contribution < 1.29 is 13.9 Å². The molecule has 3 rings (SSSR count). The van der Waals surface area contributed by atoms with Crippen molar-refractivity contribution in [2.75, 3.05) is 20.2 Å². The number of primary amides is 1. The van der Waals surface area contributed by atoms with E-state index in [1.165, 1.54) is 6.07 Å². The summed E-state index contributed by atoms with van der Waals surface area (Å²) in [6, 6.07) is 6.96. The fourth-order valence-corrected chi connectivity index (χ4v) is 3.14. The van der Waals surface area contributed by atoms with Crippen LogP contribution in [-0.4, -0.2) is 31.0 Å². The number of benzene rings is 1. The summed E-state index contributed by atoms with van der Waals surface area (Å²) in [5.74, 6) is 0.275. The van der Waals surface area contributed by atoms with Crippen molar-refractivity contribution in [3.63, 3.8) is 0 Å². The number of amides is 1. The van der Waals surface area contributed by atoms with Gasteiger partial charge in [0.25, 0.3) is 0 Å². The number of methoxy groups -OCH3 is 1. The number of hydrogen-bond acceptors (Lipinski definition) is 5. The zero-order chi connectivity index (χ0) is 16.4. The van der Waals surface area contributed by atoms with Gasteiger partial charge in [-0.15, -0.1) is 0 Å². The molecule has 0 aliphatic carbocycles. The molecule has 0 bridgehead atoms. The molecule has 6 nitrogen and oxygen atoms in total. The molecule has 2 heterocycles. The largest absolute Gasteiger partial charge is 0.497 e. The lowest BCUT2D eigenvalue weighted by molar-refractivity contribution is -0.123. The number of rotatable bonds is 4. The minimum Gasteiger partial charge on any atom is -0.497 e. The topological polar surface area (TPSA) is 85.8 Å². The van der Waals surface area contributed by atoms with E-state index in [1.54, 1.807) is 13.2 Å². The molecule has 1 aromatic carbocycles. The molecule has 2 aromatic rings. The lowest BCUT2D eigenvalue weighted by Crippen LogP contribution is -2.40. The van der Waals surface area contributed by atoms with E-state index in [9.17, 15) is 9.59 Å². The average molecular weight is 316 g/mol. The van der Waals surface area contributed by atoms with Gasteiger partial charge in [-0.1, -0.05) is 0 Å². The summed E-state index contributed by atoms with van der Waals surface area (Å²) < 4.78 is 10.4. The molecule has 122 valence electrons. The molecule has 6 heteroatoms. The van der Waals surface area contributed by atoms with Crippen LogP contribution in [0, 0.1) is 5.92 Å². The van der Waals surface area contributed by atoms with Crippen molar-refractivity contribution >= 4 is 16.9 Å². The number of carbonyl (C=O) groups excluding carboxylic acids is 1. The van der Waals surface area contributed by atoms with Gasteiger partial charge in [-0.25, -0.2) is 4.79 Å². The standard InChI is InChI=1S/C17H20N2O4/c1-22-13-4-5-14-12(7-16(20)23-15(14)8-13)10-19-6-2-3-11(9-19)17(18)21/h4-5,7-8,11H,2-3,6,9-10H2,1H3,(H2,18,21)/t11-/m0/s1. The molecule has 2 N–H and O–H groups in total. The first-order chi connectivity index (χ1) is 11.1. The van der Waals surface area contributed by atoms with Gasteiger partial charge in [-0.3, -0.25) is 9.69 Å². The summed E-state index contributed by atoms with van der Waals surface area (Å²) in [4.78, 5) is 25.4. The van der Waals surface area contributed by atoms with E-state index in [-0.39, 0.29) is 17.5 Å². The molecule has 0 saturated carbocycles. The monoisotopic (exact) mass is 316 g/mol. The Morgan fingerprint density at radius 1 is 1.43 bits per heavy atom. The molecule has 0 radical (unpaired) electrons. The van der Waals surface area contributed by atoms with Crippen molar-refractivity contribution in [2.24, 2.45) is 11.7 Å². The first-order valence-corrected chi connectivity index (χ1v) is 7.69. The Morgan fingerprint density at radius 3 is 3.00 bits per heavy atom. The predicted molar refractivity (Wildman–Crippen MR) is 86.2 cm³/mol. The Labute approximate surface area is 133 Å². The van der Waals surface area contributed by atoms with E-state index >= 15 is 0 Å². The number of hydrogen-bond donors (Lipinski definition) is 1. The van der Waals surface area contributed by atoms with Gasteiger partial charge in [0.15, 0.2) is 0 Å². The van der Waals surface area contributed by atoms with Crippen LogP contribution in [0.3, 0.4) is 0 Å². The highest BCUT2D eigenvalue weighted by atomic mass is 16.5. The van der Waals surface area contributed by atoms with Gasteiger partial charge < -0.3 is 14.9 Å². The summed E-state index contributed by atoms with van der Waals surface area (Å²) in [7, 11) is 1.57. The van der Waals surface area contributed by atoms with Crippen molar-refractivity contribution in [1.29, 1.82) is 0 Å². The zero-order valence-corrected chi connectivity index (χ0v) is 13.1. The van der Waals surface area contributed by atoms with Crippen LogP contribution in [0.15, 0.2) is 33.5 Å². The van der Waals surface area contributed by atoms with Crippen LogP contribution in [0.4, 0.5) is 0 Å². The van der Waals surface area contributed by atoms with Gasteiger partial charge in [-0.2, -0.15) is 0 Å². The second-order valence-corrected chi connectivity index (χ2v) is 5.93. The van der Waals surface area contributed by atoms with Crippen molar-refractivity contribution in [1.82, 2.24) is 4.90 Å². The zero-order valence-electron chi connectivity index (χ0n) is 13.1. The minimum absolute atomic E-state index is 0.116. The van der Waals surface area contributed by atoms with Crippen LogP contribution in [0.5, 0.6) is 5.75 Å². The molecule has 23 heavy (non-hydrogen) atoms. The van der Waals surface area contributed by atoms with Gasteiger partial charge in [0.05, 0.1) is 13.0 Å². The van der Waals surface area contributed by atoms with Crippen LogP contribution in [0.2, 0.25) is 0 Å². The van der Waals surface area contributed by atoms with Crippen LogP contribution < -0.4 is 16.1 Å². The average Bonchev–Trinajstić information content (AvgIpc) is 2.54. The predicted octanol–water partition coefficient (Wildman–Crippen LogP) is 1.50. The van der Waals surface area contributed by atoms with Gasteiger partial charge in [0, 0.05) is 30.6 Å². The van der Waals surface area contributed by atoms with E-state index in [1.807, 2.05) is 12.1 Å². The van der Waals surface area contributed by atoms with E-state index in [0.29, 0.717) is 24.4 Å². The summed E-state index contributed by atoms with van der Waals surface area (Å²) in [5, 5.41) is 0.881. The summed E-state index contributed by atoms with van der Waals surface area (Å²) >= 11 is 0. The van der Waals surface area contributed by atoms with Crippen LogP contribution >= 0.6 is 0 Å². The highest BCUT2D eigenvalue weighted by Gasteiger charge is 2.24. The van der Waals surface area contributed by atoms with E-state index in [2.05, 4.69) is 4.90 Å². The van der Waals surface area contributed by atoms with Gasteiger partial charge >= 0.3 is 5.63 Å². The van der Waals surface area contributed by atoms with Gasteiger partial charge in [-0.05, 0) is 37.1 Å². The molecule has 1 saturated heterocycles. The Morgan fingerprint density at radius 2 is 2.26 bits per heavy atom. The van der Waals surface area contributed by atoms with E-state index < -0.39 is 0 Å². The first-order valence-electron chi connectivity index (χ1n) is 7.69.